The number of hydrogen-bond acceptors (Lipinski definition) is 9. The Morgan fingerprint density at radius 2 is 1.85 bits per heavy atom. The van der Waals surface area contributed by atoms with Crippen LogP contribution in [0.25, 0.3) is 0 Å². The predicted molar refractivity (Wildman–Crippen MR) is 141 cm³/mol. The number of β-lactam (4-membered cyclic amide) rings is 1. The van der Waals surface area contributed by atoms with Crippen LogP contribution in [0.5, 0.6) is 0 Å². The molecule has 0 aromatic heterocycles. The van der Waals surface area contributed by atoms with Crippen LogP contribution in [-0.4, -0.2) is 107 Å². The molecule has 12 nitrogen and oxygen atoms in total. The van der Waals surface area contributed by atoms with Crippen molar-refractivity contribution >= 4 is 41.8 Å². The van der Waals surface area contributed by atoms with Gasteiger partial charge in [0.2, 0.25) is 11.8 Å². The van der Waals surface area contributed by atoms with Crippen LogP contribution in [0.4, 0.5) is 9.59 Å². The summed E-state index contributed by atoms with van der Waals surface area (Å²) in [5.41, 5.74) is -0.102. The lowest BCUT2D eigenvalue weighted by Gasteiger charge is -2.45. The van der Waals surface area contributed by atoms with E-state index in [9.17, 15) is 29.1 Å². The van der Waals surface area contributed by atoms with Crippen LogP contribution >= 0.6 is 11.8 Å². The molecule has 0 aromatic carbocycles. The van der Waals surface area contributed by atoms with E-state index < -0.39 is 48.2 Å². The molecule has 0 unspecified atom stereocenters. The zero-order valence-electron chi connectivity index (χ0n) is 22.1. The summed E-state index contributed by atoms with van der Waals surface area (Å²) in [6.45, 7) is 8.80. The Morgan fingerprint density at radius 1 is 1.18 bits per heavy atom. The second-order valence-corrected chi connectivity index (χ2v) is 10.8. The summed E-state index contributed by atoms with van der Waals surface area (Å²) >= 11 is 1.29. The van der Waals surface area contributed by atoms with Crippen LogP contribution in [0.1, 0.15) is 19.8 Å². The SMILES string of the molecule is C=CCOC(=O)O[C@H](C)[C@H]1C(=O)N2C(C(=O)O)=C(S[C@H]3C[C@@H](/C=C/C(=O)N(C)C)N(C(=O)OCC=C)C3)C[C@H]12. The molecule has 0 saturated carbocycles. The second kappa shape index (κ2) is 12.9. The largest absolute Gasteiger partial charge is 0.508 e. The fraction of sp³-hybridized carbons (Fsp3) is 0.500. The van der Waals surface area contributed by atoms with Crippen LogP contribution in [0, 0.1) is 5.92 Å². The van der Waals surface area contributed by atoms with Gasteiger partial charge in [0.25, 0.3) is 0 Å². The number of carboxylic acid groups (broad SMARTS) is 1. The van der Waals surface area contributed by atoms with Gasteiger partial charge in [0, 0.05) is 43.3 Å². The number of likely N-dealkylation sites (N-methyl/N-ethyl adjacent to an activating group) is 1. The van der Waals surface area contributed by atoms with E-state index in [-0.39, 0.29) is 43.0 Å². The van der Waals surface area contributed by atoms with Gasteiger partial charge >= 0.3 is 18.2 Å². The van der Waals surface area contributed by atoms with Gasteiger partial charge in [0.15, 0.2) is 0 Å². The molecule has 3 aliphatic heterocycles. The Morgan fingerprint density at radius 3 is 2.46 bits per heavy atom. The summed E-state index contributed by atoms with van der Waals surface area (Å²) in [5, 5.41) is 9.71. The summed E-state index contributed by atoms with van der Waals surface area (Å²) in [5.74, 6) is -2.63. The van der Waals surface area contributed by atoms with Gasteiger partial charge in [-0.2, -0.15) is 0 Å². The number of nitrogens with zero attached hydrogens (tertiary/aromatic N) is 3. The molecule has 1 N–H and O–H groups in total. The summed E-state index contributed by atoms with van der Waals surface area (Å²) in [6, 6.07) is -0.919. The quantitative estimate of drug-likeness (QED) is 0.172. The van der Waals surface area contributed by atoms with E-state index >= 15 is 0 Å². The third-order valence-corrected chi connectivity index (χ3v) is 7.87. The molecule has 3 aliphatic rings. The molecule has 3 heterocycles. The van der Waals surface area contributed by atoms with Crippen molar-refractivity contribution in [3.05, 3.63) is 48.1 Å². The zero-order chi connectivity index (χ0) is 28.9. The van der Waals surface area contributed by atoms with Crippen LogP contribution in [0.3, 0.4) is 0 Å². The smallest absolute Gasteiger partial charge is 0.477 e. The minimum Gasteiger partial charge on any atom is -0.477 e. The van der Waals surface area contributed by atoms with Crippen molar-refractivity contribution in [2.45, 2.75) is 43.2 Å². The molecule has 3 amide bonds. The lowest BCUT2D eigenvalue weighted by Crippen LogP contribution is -2.62. The first-order valence-corrected chi connectivity index (χ1v) is 13.2. The highest BCUT2D eigenvalue weighted by Crippen LogP contribution is 2.49. The van der Waals surface area contributed by atoms with E-state index in [0.717, 1.165) is 0 Å². The first kappa shape index (κ1) is 29.8. The number of rotatable bonds is 11. The number of ether oxygens (including phenoxy) is 3. The fourth-order valence-corrected chi connectivity index (χ4v) is 6.26. The molecule has 0 radical (unpaired) electrons. The molecular weight excluding hydrogens is 530 g/mol. The number of hydrogen-bond donors (Lipinski definition) is 1. The van der Waals surface area contributed by atoms with E-state index in [2.05, 4.69) is 13.2 Å². The van der Waals surface area contributed by atoms with E-state index in [0.29, 0.717) is 11.3 Å². The van der Waals surface area contributed by atoms with Gasteiger partial charge in [-0.3, -0.25) is 9.59 Å². The maximum Gasteiger partial charge on any atom is 0.508 e. The molecular formula is C26H33N3O9S. The van der Waals surface area contributed by atoms with Crippen LogP contribution < -0.4 is 0 Å². The Hall–Kier alpha value is -3.74. The molecule has 5 atom stereocenters. The number of fused-ring (bicyclic) bond motifs is 1. The van der Waals surface area contributed by atoms with Crippen molar-refractivity contribution in [1.29, 1.82) is 0 Å². The molecule has 2 saturated heterocycles. The van der Waals surface area contributed by atoms with E-state index in [4.69, 9.17) is 14.2 Å². The summed E-state index contributed by atoms with van der Waals surface area (Å²) in [6.07, 6.45) is 4.25. The van der Waals surface area contributed by atoms with Crippen molar-refractivity contribution in [3.8, 4) is 0 Å². The minimum absolute atomic E-state index is 0.0239. The van der Waals surface area contributed by atoms with Crippen LogP contribution in [-0.2, 0) is 28.6 Å². The van der Waals surface area contributed by atoms with Gasteiger partial charge < -0.3 is 34.0 Å². The number of thioether (sulfide) groups is 1. The number of aliphatic carboxylic acids is 1. The van der Waals surface area contributed by atoms with Crippen molar-refractivity contribution in [3.63, 3.8) is 0 Å². The molecule has 13 heteroatoms. The lowest BCUT2D eigenvalue weighted by atomic mass is 9.83. The Labute approximate surface area is 230 Å². The van der Waals surface area contributed by atoms with Gasteiger partial charge in [-0.25, -0.2) is 14.4 Å². The minimum atomic E-state index is -1.24. The number of carbonyl (C=O) groups is 5. The molecule has 0 spiro atoms. The molecule has 0 aromatic rings. The molecule has 0 aliphatic carbocycles. The van der Waals surface area contributed by atoms with Crippen LogP contribution in [0.15, 0.2) is 48.1 Å². The molecule has 0 bridgehead atoms. The average Bonchev–Trinajstić information content (AvgIpc) is 3.43. The second-order valence-electron chi connectivity index (χ2n) is 9.41. The van der Waals surface area contributed by atoms with Crippen LogP contribution in [0.2, 0.25) is 0 Å². The van der Waals surface area contributed by atoms with Gasteiger partial charge in [-0.05, 0) is 13.3 Å². The van der Waals surface area contributed by atoms with Gasteiger partial charge in [0.1, 0.15) is 25.0 Å². The third-order valence-electron chi connectivity index (χ3n) is 6.55. The highest BCUT2D eigenvalue weighted by molar-refractivity contribution is 8.03. The predicted octanol–water partition coefficient (Wildman–Crippen LogP) is 2.38. The monoisotopic (exact) mass is 563 g/mol. The highest BCUT2D eigenvalue weighted by Gasteiger charge is 2.58. The number of likely N-dealkylation sites (tertiary alicyclic amines) is 1. The summed E-state index contributed by atoms with van der Waals surface area (Å²) in [7, 11) is 3.23. The maximum absolute atomic E-state index is 12.9. The first-order valence-electron chi connectivity index (χ1n) is 12.3. The topological polar surface area (TPSA) is 143 Å². The van der Waals surface area contributed by atoms with Crippen molar-refractivity contribution in [2.24, 2.45) is 5.92 Å². The van der Waals surface area contributed by atoms with E-state index in [1.807, 2.05) is 0 Å². The van der Waals surface area contributed by atoms with Gasteiger partial charge in [-0.15, -0.1) is 11.8 Å². The van der Waals surface area contributed by atoms with E-state index in [1.54, 1.807) is 27.1 Å². The summed E-state index contributed by atoms with van der Waals surface area (Å²) in [4.78, 5) is 66.3. The van der Waals surface area contributed by atoms with E-state index in [1.165, 1.54) is 44.7 Å². The van der Waals surface area contributed by atoms with Crippen molar-refractivity contribution in [2.75, 3.05) is 33.9 Å². The number of carboxylic acids is 1. The van der Waals surface area contributed by atoms with Crippen molar-refractivity contribution in [1.82, 2.24) is 14.7 Å². The molecule has 212 valence electrons. The Balaban J connectivity index is 1.74. The van der Waals surface area contributed by atoms with Gasteiger partial charge in [0.05, 0.1) is 18.0 Å². The maximum atomic E-state index is 12.9. The number of amides is 3. The van der Waals surface area contributed by atoms with Gasteiger partial charge in [-0.1, -0.05) is 31.4 Å². The lowest BCUT2D eigenvalue weighted by molar-refractivity contribution is -0.162. The standard InChI is InChI=1S/C26H33N3O9S/c1-6-10-36-25(34)28-14-17(12-16(28)8-9-20(30)27(4)5)39-19-13-18-21(15(3)38-26(35)37-11-7-2)23(31)29(18)22(19)24(32)33/h6-9,15-18,21H,1-2,10-14H2,3-5H3,(H,32,33)/b9-8+/t15-,16-,17+,18-,21-/m1/s1. The summed E-state index contributed by atoms with van der Waals surface area (Å²) < 4.78 is 15.2. The highest BCUT2D eigenvalue weighted by atomic mass is 32.2. The Bertz CT molecular complexity index is 1100. The number of carbonyl (C=O) groups excluding carboxylic acids is 4. The fourth-order valence-electron chi connectivity index (χ4n) is 4.77. The average molecular weight is 564 g/mol. The normalized spacial score (nSPS) is 24.6. The molecule has 3 rings (SSSR count). The Kier molecular flexibility index (Phi) is 9.84. The molecule has 39 heavy (non-hydrogen) atoms. The first-order chi connectivity index (χ1) is 18.5. The molecule has 2 fully saturated rings. The third kappa shape index (κ3) is 6.64. The van der Waals surface area contributed by atoms with Crippen molar-refractivity contribution < 1.29 is 43.3 Å². The zero-order valence-corrected chi connectivity index (χ0v) is 22.9.